The number of thiazole rings is 1. The first-order chi connectivity index (χ1) is 9.65. The highest BCUT2D eigenvalue weighted by molar-refractivity contribution is 7.22. The zero-order valence-electron chi connectivity index (χ0n) is 11.5. The van der Waals surface area contributed by atoms with Crippen LogP contribution in [0, 0.1) is 0 Å². The number of carbonyl (C=O) groups is 1. The van der Waals surface area contributed by atoms with Crippen molar-refractivity contribution in [3.05, 3.63) is 22.7 Å². The second kappa shape index (κ2) is 6.90. The van der Waals surface area contributed by atoms with E-state index in [0.29, 0.717) is 17.2 Å². The fraction of sp³-hybridized carbons (Fsp3) is 0.429. The van der Waals surface area contributed by atoms with Gasteiger partial charge in [-0.1, -0.05) is 36.8 Å². The van der Waals surface area contributed by atoms with Crippen molar-refractivity contribution in [2.75, 3.05) is 18.5 Å². The van der Waals surface area contributed by atoms with E-state index in [4.69, 9.17) is 16.3 Å². The van der Waals surface area contributed by atoms with Crippen LogP contribution in [0.25, 0.3) is 10.2 Å². The second-order valence-electron chi connectivity index (χ2n) is 4.38. The highest BCUT2D eigenvalue weighted by Crippen LogP contribution is 2.31. The van der Waals surface area contributed by atoms with Gasteiger partial charge in [-0.3, -0.25) is 0 Å². The monoisotopic (exact) mass is 312 g/mol. The van der Waals surface area contributed by atoms with Crippen LogP contribution < -0.4 is 5.32 Å². The third-order valence-corrected chi connectivity index (χ3v) is 3.95. The molecule has 1 aromatic heterocycles. The molecule has 0 bridgehead atoms. The van der Waals surface area contributed by atoms with Crippen molar-refractivity contribution >= 4 is 44.3 Å². The van der Waals surface area contributed by atoms with E-state index in [0.717, 1.165) is 34.7 Å². The van der Waals surface area contributed by atoms with Crippen LogP contribution in [0.2, 0.25) is 5.02 Å². The van der Waals surface area contributed by atoms with Gasteiger partial charge in [0, 0.05) is 6.54 Å². The van der Waals surface area contributed by atoms with Crippen LogP contribution in [0.3, 0.4) is 0 Å². The smallest absolute Gasteiger partial charge is 0.339 e. The number of aromatic nitrogens is 1. The third-order valence-electron chi connectivity index (χ3n) is 2.66. The number of nitrogens with one attached hydrogen (secondary N) is 1. The summed E-state index contributed by atoms with van der Waals surface area (Å²) in [7, 11) is 0. The molecule has 20 heavy (non-hydrogen) atoms. The Hall–Kier alpha value is -1.33. The summed E-state index contributed by atoms with van der Waals surface area (Å²) < 4.78 is 6.07. The van der Waals surface area contributed by atoms with E-state index in [1.807, 2.05) is 6.92 Å². The Labute approximate surface area is 127 Å². The zero-order chi connectivity index (χ0) is 14.5. The van der Waals surface area contributed by atoms with E-state index in [1.165, 1.54) is 11.3 Å². The van der Waals surface area contributed by atoms with Gasteiger partial charge in [-0.05, 0) is 25.0 Å². The van der Waals surface area contributed by atoms with Crippen LogP contribution in [0.1, 0.15) is 37.0 Å². The first-order valence-electron chi connectivity index (χ1n) is 6.66. The molecule has 108 valence electrons. The van der Waals surface area contributed by atoms with Crippen molar-refractivity contribution in [1.82, 2.24) is 4.98 Å². The Bertz CT molecular complexity index is 612. The first kappa shape index (κ1) is 15.1. The predicted molar refractivity (Wildman–Crippen MR) is 84.0 cm³/mol. The second-order valence-corrected chi connectivity index (χ2v) is 5.82. The number of rotatable bonds is 6. The van der Waals surface area contributed by atoms with Gasteiger partial charge in [-0.15, -0.1) is 0 Å². The fourth-order valence-corrected chi connectivity index (χ4v) is 2.90. The largest absolute Gasteiger partial charge is 0.462 e. The van der Waals surface area contributed by atoms with E-state index >= 15 is 0 Å². The fourth-order valence-electron chi connectivity index (χ4n) is 1.69. The van der Waals surface area contributed by atoms with Gasteiger partial charge in [-0.25, -0.2) is 9.78 Å². The summed E-state index contributed by atoms with van der Waals surface area (Å²) in [5, 5.41) is 4.49. The SMILES string of the molecule is CCCNc1nc2cc(C(=O)OCCC)c(Cl)cc2s1. The normalized spacial score (nSPS) is 10.8. The number of nitrogens with zero attached hydrogens (tertiary/aromatic N) is 1. The van der Waals surface area contributed by atoms with E-state index < -0.39 is 5.97 Å². The Morgan fingerprint density at radius 3 is 2.90 bits per heavy atom. The minimum Gasteiger partial charge on any atom is -0.462 e. The number of anilines is 1. The van der Waals surface area contributed by atoms with Gasteiger partial charge in [0.05, 0.1) is 27.4 Å². The standard InChI is InChI=1S/C14H17ClN2O2S/c1-3-5-16-14-17-11-7-9(13(18)19-6-4-2)10(15)8-12(11)20-14/h7-8H,3-6H2,1-2H3,(H,16,17). The highest BCUT2D eigenvalue weighted by Gasteiger charge is 2.15. The molecule has 6 heteroatoms. The molecule has 0 saturated heterocycles. The summed E-state index contributed by atoms with van der Waals surface area (Å²) in [6, 6.07) is 3.47. The van der Waals surface area contributed by atoms with Gasteiger partial charge < -0.3 is 10.1 Å². The van der Waals surface area contributed by atoms with Crippen LogP contribution >= 0.6 is 22.9 Å². The molecule has 0 aliphatic carbocycles. The minimum absolute atomic E-state index is 0.375. The topological polar surface area (TPSA) is 51.2 Å². The lowest BCUT2D eigenvalue weighted by molar-refractivity contribution is 0.0505. The Morgan fingerprint density at radius 1 is 1.40 bits per heavy atom. The average molecular weight is 313 g/mol. The van der Waals surface area contributed by atoms with Gasteiger partial charge in [-0.2, -0.15) is 0 Å². The first-order valence-corrected chi connectivity index (χ1v) is 7.86. The molecule has 1 heterocycles. The summed E-state index contributed by atoms with van der Waals surface area (Å²) in [5.74, 6) is -0.394. The maximum Gasteiger partial charge on any atom is 0.339 e. The number of benzene rings is 1. The number of hydrogen-bond acceptors (Lipinski definition) is 5. The van der Waals surface area contributed by atoms with Crippen LogP contribution in [0.5, 0.6) is 0 Å². The van der Waals surface area contributed by atoms with E-state index in [9.17, 15) is 4.79 Å². The minimum atomic E-state index is -0.394. The molecular weight excluding hydrogens is 296 g/mol. The molecule has 0 atom stereocenters. The van der Waals surface area contributed by atoms with Crippen molar-refractivity contribution in [3.8, 4) is 0 Å². The molecular formula is C14H17ClN2O2S. The molecule has 0 aliphatic rings. The number of fused-ring (bicyclic) bond motifs is 1. The summed E-state index contributed by atoms with van der Waals surface area (Å²) in [6.45, 7) is 5.32. The molecule has 0 unspecified atom stereocenters. The van der Waals surface area contributed by atoms with E-state index in [1.54, 1.807) is 12.1 Å². The van der Waals surface area contributed by atoms with Crippen molar-refractivity contribution in [2.45, 2.75) is 26.7 Å². The van der Waals surface area contributed by atoms with Gasteiger partial charge >= 0.3 is 5.97 Å². The van der Waals surface area contributed by atoms with Crippen molar-refractivity contribution in [1.29, 1.82) is 0 Å². The van der Waals surface area contributed by atoms with Crippen molar-refractivity contribution in [2.24, 2.45) is 0 Å². The zero-order valence-corrected chi connectivity index (χ0v) is 13.1. The van der Waals surface area contributed by atoms with Crippen LogP contribution in [0.15, 0.2) is 12.1 Å². The summed E-state index contributed by atoms with van der Waals surface area (Å²) in [6.07, 6.45) is 1.82. The van der Waals surface area contributed by atoms with Gasteiger partial charge in [0.1, 0.15) is 0 Å². The Balaban J connectivity index is 2.28. The molecule has 0 radical (unpaired) electrons. The van der Waals surface area contributed by atoms with Crippen LogP contribution in [-0.4, -0.2) is 24.1 Å². The molecule has 0 saturated carbocycles. The molecule has 4 nitrogen and oxygen atoms in total. The summed E-state index contributed by atoms with van der Waals surface area (Å²) in [4.78, 5) is 16.4. The van der Waals surface area contributed by atoms with E-state index in [2.05, 4.69) is 17.2 Å². The molecule has 0 spiro atoms. The summed E-state index contributed by atoms with van der Waals surface area (Å²) >= 11 is 7.68. The number of hydrogen-bond donors (Lipinski definition) is 1. The molecule has 1 aromatic carbocycles. The maximum atomic E-state index is 11.9. The average Bonchev–Trinajstić information content (AvgIpc) is 2.83. The maximum absolute atomic E-state index is 11.9. The Kier molecular flexibility index (Phi) is 5.20. The molecule has 1 N–H and O–H groups in total. The number of carbonyl (C=O) groups excluding carboxylic acids is 1. The predicted octanol–water partition coefficient (Wildman–Crippen LogP) is 4.34. The molecule has 0 amide bonds. The van der Waals surface area contributed by atoms with Gasteiger partial charge in [0.25, 0.3) is 0 Å². The molecule has 2 rings (SSSR count). The number of ether oxygens (including phenoxy) is 1. The lowest BCUT2D eigenvalue weighted by atomic mass is 10.2. The highest BCUT2D eigenvalue weighted by atomic mass is 35.5. The van der Waals surface area contributed by atoms with Gasteiger partial charge in [0.15, 0.2) is 5.13 Å². The quantitative estimate of drug-likeness (QED) is 0.806. The molecule has 0 aliphatic heterocycles. The number of esters is 1. The summed E-state index contributed by atoms with van der Waals surface area (Å²) in [5.41, 5.74) is 1.14. The van der Waals surface area contributed by atoms with Crippen LogP contribution in [-0.2, 0) is 4.74 Å². The van der Waals surface area contributed by atoms with Crippen LogP contribution in [0.4, 0.5) is 5.13 Å². The van der Waals surface area contributed by atoms with Gasteiger partial charge in [0.2, 0.25) is 0 Å². The molecule has 2 aromatic rings. The van der Waals surface area contributed by atoms with Crippen molar-refractivity contribution < 1.29 is 9.53 Å². The number of halogens is 1. The van der Waals surface area contributed by atoms with Crippen molar-refractivity contribution in [3.63, 3.8) is 0 Å². The third kappa shape index (κ3) is 3.41. The lowest BCUT2D eigenvalue weighted by Crippen LogP contribution is -2.06. The van der Waals surface area contributed by atoms with E-state index in [-0.39, 0.29) is 0 Å². The molecule has 0 fully saturated rings. The Morgan fingerprint density at radius 2 is 2.20 bits per heavy atom. The lowest BCUT2D eigenvalue weighted by Gasteiger charge is -2.04.